The van der Waals surface area contributed by atoms with Crippen LogP contribution < -0.4 is 0 Å². The summed E-state index contributed by atoms with van der Waals surface area (Å²) in [6, 6.07) is 0. The summed E-state index contributed by atoms with van der Waals surface area (Å²) in [4.78, 5) is 0.526. The molecule has 0 aromatic rings. The Bertz CT molecular complexity index is 1390. The van der Waals surface area contributed by atoms with Gasteiger partial charge in [-0.15, -0.1) is 0 Å². The Hall–Kier alpha value is 0.359. The standard InChI is InChI=1S/C56H98O4Se/c1-35(2)15-13-17-37(5)43-19-21-45-41-31-49(55(57)33-39(59-11)23-29-53(55,9)47(41)25-27-51(43,45)7)61-50-32-42-46-22-20-44(38(6)18-14-16-36(3)4)52(46,8)28-26-48(42)54(10)30-24-40(60-12)34-56(50,54)58/h35-50,57-58H,13-34H2,1-12H3/t37-,38-,39+,40+,41+,42+,43-,44-,45+,46+,47+,48+,49?,50?,51-,52-,53-,54-,55+,56+/m1/s1. The predicted molar refractivity (Wildman–Crippen MR) is 255 cm³/mol. The Labute approximate surface area is 383 Å². The van der Waals surface area contributed by atoms with Crippen molar-refractivity contribution in [3.05, 3.63) is 0 Å². The molecule has 0 radical (unpaired) electrons. The van der Waals surface area contributed by atoms with E-state index < -0.39 is 11.2 Å². The van der Waals surface area contributed by atoms with Crippen molar-refractivity contribution in [2.24, 2.45) is 92.7 Å². The van der Waals surface area contributed by atoms with Crippen LogP contribution in [0.15, 0.2) is 0 Å². The van der Waals surface area contributed by atoms with E-state index in [1.54, 1.807) is 0 Å². The van der Waals surface area contributed by atoms with Gasteiger partial charge in [0.1, 0.15) is 0 Å². The molecule has 0 amide bonds. The van der Waals surface area contributed by atoms with Gasteiger partial charge < -0.3 is 0 Å². The van der Waals surface area contributed by atoms with Crippen molar-refractivity contribution in [2.75, 3.05) is 14.2 Å². The van der Waals surface area contributed by atoms with E-state index in [-0.39, 0.29) is 47.6 Å². The molecular weight excluding hydrogens is 816 g/mol. The second-order valence-electron chi connectivity index (χ2n) is 26.3. The molecule has 352 valence electrons. The first-order valence-electron chi connectivity index (χ1n) is 26.9. The minimum atomic E-state index is -0.729. The van der Waals surface area contributed by atoms with Crippen molar-refractivity contribution in [3.63, 3.8) is 0 Å². The predicted octanol–water partition coefficient (Wildman–Crippen LogP) is 14.0. The summed E-state index contributed by atoms with van der Waals surface area (Å²) in [5.41, 5.74) is -0.782. The first-order chi connectivity index (χ1) is 28.8. The molecule has 0 spiro atoms. The van der Waals surface area contributed by atoms with Crippen molar-refractivity contribution in [1.82, 2.24) is 0 Å². The second kappa shape index (κ2) is 17.8. The monoisotopic (exact) mass is 915 g/mol. The van der Waals surface area contributed by atoms with Gasteiger partial charge in [0.15, 0.2) is 0 Å². The molecular formula is C56H98O4Se. The van der Waals surface area contributed by atoms with Crippen LogP contribution in [-0.4, -0.2) is 62.8 Å². The summed E-state index contributed by atoms with van der Waals surface area (Å²) in [5, 5.41) is 27.7. The fourth-order valence-electron chi connectivity index (χ4n) is 19.4. The zero-order valence-electron chi connectivity index (χ0n) is 41.9. The van der Waals surface area contributed by atoms with Crippen molar-refractivity contribution in [1.29, 1.82) is 0 Å². The quantitative estimate of drug-likeness (QED) is 0.171. The topological polar surface area (TPSA) is 58.9 Å². The third-order valence-electron chi connectivity index (χ3n) is 23.0. The third-order valence-corrected chi connectivity index (χ3v) is 26.8. The summed E-state index contributed by atoms with van der Waals surface area (Å²) in [7, 11) is 3.80. The summed E-state index contributed by atoms with van der Waals surface area (Å²) < 4.78 is 12.4. The molecule has 0 aromatic heterocycles. The minimum absolute atomic E-state index is 0.0851. The van der Waals surface area contributed by atoms with Gasteiger partial charge >= 0.3 is 385 Å². The zero-order chi connectivity index (χ0) is 43.9. The number of hydrogen-bond donors (Lipinski definition) is 2. The molecule has 0 aromatic carbocycles. The van der Waals surface area contributed by atoms with Crippen molar-refractivity contribution < 1.29 is 19.7 Å². The number of ether oxygens (including phenoxy) is 2. The van der Waals surface area contributed by atoms with Gasteiger partial charge in [-0.1, -0.05) is 0 Å². The van der Waals surface area contributed by atoms with Crippen LogP contribution in [0.25, 0.3) is 0 Å². The third kappa shape index (κ3) is 7.80. The fourth-order valence-corrected chi connectivity index (χ4v) is 24.1. The van der Waals surface area contributed by atoms with Crippen LogP contribution in [-0.2, 0) is 9.47 Å². The molecule has 8 aliphatic carbocycles. The van der Waals surface area contributed by atoms with Gasteiger partial charge in [0.2, 0.25) is 0 Å². The van der Waals surface area contributed by atoms with E-state index in [0.29, 0.717) is 34.5 Å². The first-order valence-corrected chi connectivity index (χ1v) is 28.9. The van der Waals surface area contributed by atoms with Gasteiger partial charge in [0.05, 0.1) is 0 Å². The van der Waals surface area contributed by atoms with Crippen LogP contribution in [0.1, 0.15) is 210 Å². The molecule has 5 heteroatoms. The van der Waals surface area contributed by atoms with Gasteiger partial charge in [-0.2, -0.15) is 0 Å². The van der Waals surface area contributed by atoms with Gasteiger partial charge in [0.25, 0.3) is 0 Å². The van der Waals surface area contributed by atoms with Crippen LogP contribution in [0.2, 0.25) is 9.63 Å². The van der Waals surface area contributed by atoms with E-state index >= 15 is 0 Å². The van der Waals surface area contributed by atoms with E-state index in [0.717, 1.165) is 85.9 Å². The van der Waals surface area contributed by atoms with Gasteiger partial charge in [0, 0.05) is 0 Å². The first kappa shape index (κ1) is 47.8. The summed E-state index contributed by atoms with van der Waals surface area (Å²) in [6.45, 7) is 25.5. The Morgan fingerprint density at radius 1 is 0.508 bits per heavy atom. The van der Waals surface area contributed by atoms with Crippen LogP contribution >= 0.6 is 0 Å². The van der Waals surface area contributed by atoms with Crippen LogP contribution in [0.3, 0.4) is 0 Å². The van der Waals surface area contributed by atoms with Gasteiger partial charge in [-0.05, 0) is 0 Å². The zero-order valence-corrected chi connectivity index (χ0v) is 43.6. The molecule has 8 fully saturated rings. The number of fused-ring (bicyclic) bond motifs is 10. The molecule has 61 heavy (non-hydrogen) atoms. The molecule has 2 unspecified atom stereocenters. The number of methoxy groups -OCH3 is 2. The van der Waals surface area contributed by atoms with Crippen LogP contribution in [0.5, 0.6) is 0 Å². The second-order valence-corrected chi connectivity index (χ2v) is 29.2. The maximum atomic E-state index is 13.9. The molecule has 20 atom stereocenters. The Morgan fingerprint density at radius 3 is 1.26 bits per heavy atom. The van der Waals surface area contributed by atoms with Crippen molar-refractivity contribution in [3.8, 4) is 0 Å². The van der Waals surface area contributed by atoms with E-state index in [1.807, 2.05) is 14.2 Å². The SMILES string of the molecule is CO[C@H]1CC[C@]2(C)[C@H]3CC[C@]4(C)[C@@H]([C@H](C)CCCC(C)C)CC[C@H]4[C@@H]3CC([Se]C3C[C@H]4[C@@H]5CC[C@H]([C@H](C)CCCC(C)C)[C@@]5(C)CC[C@@H]4[C@@]4(C)CC[C@H](OC)C[C@]34O)[C@@]2(O)C1. The molecule has 0 aliphatic heterocycles. The van der Waals surface area contributed by atoms with Gasteiger partial charge in [-0.3, -0.25) is 0 Å². The Balaban J connectivity index is 1.12. The van der Waals surface area contributed by atoms with E-state index in [1.165, 1.54) is 103 Å². The summed E-state index contributed by atoms with van der Waals surface area (Å²) >= 11 is 0.110. The molecule has 8 aliphatic rings. The molecule has 0 bridgehead atoms. The van der Waals surface area contributed by atoms with Gasteiger partial charge in [-0.25, -0.2) is 0 Å². The van der Waals surface area contributed by atoms with Crippen LogP contribution in [0, 0.1) is 92.7 Å². The molecule has 0 saturated heterocycles. The molecule has 2 N–H and O–H groups in total. The van der Waals surface area contributed by atoms with Crippen molar-refractivity contribution in [2.45, 2.75) is 244 Å². The average Bonchev–Trinajstić information content (AvgIpc) is 3.75. The van der Waals surface area contributed by atoms with Crippen LogP contribution in [0.4, 0.5) is 0 Å². The number of rotatable bonds is 14. The van der Waals surface area contributed by atoms with E-state index in [9.17, 15) is 10.2 Å². The number of hydrogen-bond acceptors (Lipinski definition) is 4. The Morgan fingerprint density at radius 2 is 0.902 bits per heavy atom. The van der Waals surface area contributed by atoms with E-state index in [2.05, 4.69) is 69.2 Å². The number of aliphatic hydroxyl groups is 2. The molecule has 4 nitrogen and oxygen atoms in total. The average molecular weight is 914 g/mol. The van der Waals surface area contributed by atoms with Crippen molar-refractivity contribution >= 4 is 15.0 Å². The molecule has 8 saturated carbocycles. The molecule has 0 heterocycles. The summed E-state index contributed by atoms with van der Waals surface area (Å²) in [6.07, 6.45) is 27.8. The maximum absolute atomic E-state index is 13.9. The summed E-state index contributed by atoms with van der Waals surface area (Å²) in [5.74, 6) is 9.04. The van der Waals surface area contributed by atoms with E-state index in [4.69, 9.17) is 9.47 Å². The molecule has 8 rings (SSSR count). The fraction of sp³-hybridized carbons (Fsp3) is 1.00. The normalized spacial score (nSPS) is 51.5. The Kier molecular flexibility index (Phi) is 13.9.